The van der Waals surface area contributed by atoms with Gasteiger partial charge in [-0.2, -0.15) is 0 Å². The second-order valence-corrected chi connectivity index (χ2v) is 5.24. The summed E-state index contributed by atoms with van der Waals surface area (Å²) in [6.07, 6.45) is 0.916. The van der Waals surface area contributed by atoms with Crippen LogP contribution in [0.4, 0.5) is 11.4 Å². The van der Waals surface area contributed by atoms with Crippen molar-refractivity contribution >= 4 is 17.3 Å². The average molecular weight is 266 g/mol. The fourth-order valence-corrected chi connectivity index (χ4v) is 2.89. The highest BCUT2D eigenvalue weighted by Gasteiger charge is 2.30. The van der Waals surface area contributed by atoms with Gasteiger partial charge in [-0.1, -0.05) is 31.2 Å². The molecule has 0 unspecified atom stereocenters. The molecule has 2 aromatic carbocycles. The standard InChI is InChI=1S/C17H18N2O/c1-3-12-6-4-5-11(2)16(12)19-10-13-7-8-14(18)9-15(13)17(19)20/h4-9H,3,10,18H2,1-2H3. The molecule has 0 spiro atoms. The van der Waals surface area contributed by atoms with Crippen LogP contribution in [0.1, 0.15) is 34.0 Å². The minimum atomic E-state index is 0.0521. The Kier molecular flexibility index (Phi) is 2.97. The third-order valence-electron chi connectivity index (χ3n) is 3.91. The lowest BCUT2D eigenvalue weighted by molar-refractivity contribution is 0.0996. The number of amides is 1. The number of nitrogens with two attached hydrogens (primary N) is 1. The van der Waals surface area contributed by atoms with Crippen LogP contribution in [-0.4, -0.2) is 5.91 Å². The molecule has 1 aliphatic rings. The van der Waals surface area contributed by atoms with E-state index in [1.54, 1.807) is 6.07 Å². The first-order valence-corrected chi connectivity index (χ1v) is 6.90. The number of fused-ring (bicyclic) bond motifs is 1. The molecule has 0 atom stereocenters. The number of nitrogens with zero attached hydrogens (tertiary/aromatic N) is 1. The third kappa shape index (κ3) is 1.86. The molecule has 2 aromatic rings. The Morgan fingerprint density at radius 1 is 1.25 bits per heavy atom. The van der Waals surface area contributed by atoms with E-state index in [4.69, 9.17) is 5.73 Å². The molecular formula is C17H18N2O. The van der Waals surface area contributed by atoms with Crippen LogP contribution < -0.4 is 10.6 Å². The maximum absolute atomic E-state index is 12.6. The molecule has 0 bridgehead atoms. The highest BCUT2D eigenvalue weighted by molar-refractivity contribution is 6.11. The van der Waals surface area contributed by atoms with Gasteiger partial charge in [-0.05, 0) is 42.2 Å². The Hall–Kier alpha value is -2.29. The Morgan fingerprint density at radius 2 is 2.05 bits per heavy atom. The molecule has 3 rings (SSSR count). The van der Waals surface area contributed by atoms with Crippen molar-refractivity contribution in [3.8, 4) is 0 Å². The van der Waals surface area contributed by atoms with Gasteiger partial charge in [-0.3, -0.25) is 4.79 Å². The maximum Gasteiger partial charge on any atom is 0.259 e. The Balaban J connectivity index is 2.09. The highest BCUT2D eigenvalue weighted by atomic mass is 16.2. The first-order valence-electron chi connectivity index (χ1n) is 6.90. The van der Waals surface area contributed by atoms with Gasteiger partial charge in [0, 0.05) is 11.3 Å². The molecule has 1 amide bonds. The fourth-order valence-electron chi connectivity index (χ4n) is 2.89. The summed E-state index contributed by atoms with van der Waals surface area (Å²) in [7, 11) is 0. The molecule has 0 aromatic heterocycles. The zero-order valence-corrected chi connectivity index (χ0v) is 11.8. The van der Waals surface area contributed by atoms with Gasteiger partial charge in [0.05, 0.1) is 12.2 Å². The minimum Gasteiger partial charge on any atom is -0.399 e. The molecule has 0 saturated carbocycles. The summed E-state index contributed by atoms with van der Waals surface area (Å²) in [6.45, 7) is 4.80. The number of para-hydroxylation sites is 1. The minimum absolute atomic E-state index is 0.0521. The van der Waals surface area contributed by atoms with Crippen LogP contribution in [0.25, 0.3) is 0 Å². The van der Waals surface area contributed by atoms with Crippen molar-refractivity contribution in [3.05, 3.63) is 58.7 Å². The SMILES string of the molecule is CCc1cccc(C)c1N1Cc2ccc(N)cc2C1=O. The third-order valence-corrected chi connectivity index (χ3v) is 3.91. The second kappa shape index (κ2) is 4.67. The number of hydrogen-bond acceptors (Lipinski definition) is 2. The molecule has 3 heteroatoms. The first kappa shape index (κ1) is 12.7. The molecule has 3 nitrogen and oxygen atoms in total. The van der Waals surface area contributed by atoms with Crippen molar-refractivity contribution < 1.29 is 4.79 Å². The van der Waals surface area contributed by atoms with Gasteiger partial charge in [0.25, 0.3) is 5.91 Å². The van der Waals surface area contributed by atoms with Crippen LogP contribution in [0.15, 0.2) is 36.4 Å². The summed E-state index contributed by atoms with van der Waals surface area (Å²) in [5, 5.41) is 0. The number of nitrogen functional groups attached to an aromatic ring is 1. The summed E-state index contributed by atoms with van der Waals surface area (Å²) in [5.41, 5.74) is 11.6. The first-order chi connectivity index (χ1) is 9.61. The topological polar surface area (TPSA) is 46.3 Å². The van der Waals surface area contributed by atoms with Gasteiger partial charge in [0.15, 0.2) is 0 Å². The number of rotatable bonds is 2. The molecule has 0 saturated heterocycles. The molecule has 1 aliphatic heterocycles. The molecule has 2 N–H and O–H groups in total. The van der Waals surface area contributed by atoms with Crippen LogP contribution in [-0.2, 0) is 13.0 Å². The summed E-state index contributed by atoms with van der Waals surface area (Å²) < 4.78 is 0. The lowest BCUT2D eigenvalue weighted by Gasteiger charge is -2.21. The molecule has 0 radical (unpaired) electrons. The predicted molar refractivity (Wildman–Crippen MR) is 81.9 cm³/mol. The number of carbonyl (C=O) groups excluding carboxylic acids is 1. The van der Waals surface area contributed by atoms with E-state index in [9.17, 15) is 4.79 Å². The zero-order valence-electron chi connectivity index (χ0n) is 11.8. The highest BCUT2D eigenvalue weighted by Crippen LogP contribution is 2.34. The average Bonchev–Trinajstić information content (AvgIpc) is 2.75. The summed E-state index contributed by atoms with van der Waals surface area (Å²) in [5.74, 6) is 0.0521. The van der Waals surface area contributed by atoms with Gasteiger partial charge in [-0.25, -0.2) is 0 Å². The zero-order chi connectivity index (χ0) is 14.3. The van der Waals surface area contributed by atoms with Gasteiger partial charge >= 0.3 is 0 Å². The van der Waals surface area contributed by atoms with Crippen molar-refractivity contribution in [1.29, 1.82) is 0 Å². The summed E-state index contributed by atoms with van der Waals surface area (Å²) in [6, 6.07) is 11.8. The van der Waals surface area contributed by atoms with Crippen molar-refractivity contribution in [2.45, 2.75) is 26.8 Å². The second-order valence-electron chi connectivity index (χ2n) is 5.24. The number of aryl methyl sites for hydroxylation is 2. The lowest BCUT2D eigenvalue weighted by Crippen LogP contribution is -2.25. The Labute approximate surface area is 119 Å². The predicted octanol–water partition coefficient (Wildman–Crippen LogP) is 3.30. The van der Waals surface area contributed by atoms with Crippen LogP contribution in [0.5, 0.6) is 0 Å². The van der Waals surface area contributed by atoms with E-state index in [0.29, 0.717) is 12.2 Å². The molecule has 0 fully saturated rings. The lowest BCUT2D eigenvalue weighted by atomic mass is 10.0. The fraction of sp³-hybridized carbons (Fsp3) is 0.235. The van der Waals surface area contributed by atoms with Gasteiger partial charge in [0.1, 0.15) is 0 Å². The van der Waals surface area contributed by atoms with Crippen molar-refractivity contribution in [3.63, 3.8) is 0 Å². The van der Waals surface area contributed by atoms with Crippen LogP contribution >= 0.6 is 0 Å². The van der Waals surface area contributed by atoms with E-state index >= 15 is 0 Å². The van der Waals surface area contributed by atoms with Crippen LogP contribution in [0.2, 0.25) is 0 Å². The Morgan fingerprint density at radius 3 is 2.80 bits per heavy atom. The van der Waals surface area contributed by atoms with E-state index in [0.717, 1.165) is 28.8 Å². The number of anilines is 2. The smallest absolute Gasteiger partial charge is 0.259 e. The van der Waals surface area contributed by atoms with E-state index in [2.05, 4.69) is 26.0 Å². The van der Waals surface area contributed by atoms with Crippen molar-refractivity contribution in [2.24, 2.45) is 0 Å². The number of benzene rings is 2. The largest absolute Gasteiger partial charge is 0.399 e. The number of hydrogen-bond donors (Lipinski definition) is 1. The van der Waals surface area contributed by atoms with E-state index in [-0.39, 0.29) is 5.91 Å². The summed E-state index contributed by atoms with van der Waals surface area (Å²) in [4.78, 5) is 14.5. The molecule has 20 heavy (non-hydrogen) atoms. The van der Waals surface area contributed by atoms with Gasteiger partial charge in [0.2, 0.25) is 0 Å². The maximum atomic E-state index is 12.6. The van der Waals surface area contributed by atoms with Crippen LogP contribution in [0.3, 0.4) is 0 Å². The Bertz CT molecular complexity index is 691. The van der Waals surface area contributed by atoms with Crippen molar-refractivity contribution in [1.82, 2.24) is 0 Å². The monoisotopic (exact) mass is 266 g/mol. The van der Waals surface area contributed by atoms with Crippen LogP contribution in [0, 0.1) is 6.92 Å². The molecule has 0 aliphatic carbocycles. The van der Waals surface area contributed by atoms with E-state index in [1.807, 2.05) is 23.1 Å². The van der Waals surface area contributed by atoms with E-state index in [1.165, 1.54) is 5.56 Å². The quantitative estimate of drug-likeness (QED) is 0.848. The summed E-state index contributed by atoms with van der Waals surface area (Å²) >= 11 is 0. The van der Waals surface area contributed by atoms with Gasteiger partial charge < -0.3 is 10.6 Å². The van der Waals surface area contributed by atoms with Crippen molar-refractivity contribution in [2.75, 3.05) is 10.6 Å². The molecule has 1 heterocycles. The normalized spacial score (nSPS) is 13.7. The number of carbonyl (C=O) groups is 1. The van der Waals surface area contributed by atoms with E-state index < -0.39 is 0 Å². The molecule has 102 valence electrons. The van der Waals surface area contributed by atoms with Gasteiger partial charge in [-0.15, -0.1) is 0 Å². The molecular weight excluding hydrogens is 248 g/mol.